The van der Waals surface area contributed by atoms with Gasteiger partial charge >= 0.3 is 11.9 Å². The number of ketones is 1. The van der Waals surface area contributed by atoms with Crippen LogP contribution in [-0.4, -0.2) is 39.3 Å². The normalized spacial score (nSPS) is 11.7. The number of oxime groups is 2. The molecule has 0 aliphatic rings. The van der Waals surface area contributed by atoms with Crippen molar-refractivity contribution in [3.63, 3.8) is 0 Å². The highest BCUT2D eigenvalue weighted by Crippen LogP contribution is 2.39. The van der Waals surface area contributed by atoms with E-state index in [0.717, 1.165) is 33.6 Å². The Morgan fingerprint density at radius 3 is 1.80 bits per heavy atom. The van der Waals surface area contributed by atoms with Gasteiger partial charge < -0.3 is 14.6 Å². The number of carbonyl (C=O) groups is 3. The van der Waals surface area contributed by atoms with Crippen LogP contribution in [0.3, 0.4) is 0 Å². The molecule has 44 heavy (non-hydrogen) atoms. The maximum absolute atomic E-state index is 13.1. The number of carbonyl (C=O) groups excluding carboxylic acids is 3. The Hall–Kier alpha value is -5.90. The van der Waals surface area contributed by atoms with Gasteiger partial charge in [0.15, 0.2) is 5.78 Å². The Morgan fingerprint density at radius 1 is 0.659 bits per heavy atom. The van der Waals surface area contributed by atoms with Gasteiger partial charge in [0.2, 0.25) is 0 Å². The van der Waals surface area contributed by atoms with Crippen molar-refractivity contribution in [2.24, 2.45) is 10.3 Å². The van der Waals surface area contributed by atoms with Crippen LogP contribution in [0.15, 0.2) is 108 Å². The van der Waals surface area contributed by atoms with Crippen LogP contribution in [0.25, 0.3) is 10.9 Å². The number of rotatable bonds is 9. The first kappa shape index (κ1) is 29.6. The van der Waals surface area contributed by atoms with Gasteiger partial charge in [0, 0.05) is 47.3 Å². The van der Waals surface area contributed by atoms with Gasteiger partial charge in [-0.15, -0.1) is 0 Å². The van der Waals surface area contributed by atoms with Crippen molar-refractivity contribution < 1.29 is 24.1 Å². The molecule has 0 saturated carbocycles. The minimum Gasteiger partial charge on any atom is -0.318 e. The molecule has 0 fully saturated rings. The van der Waals surface area contributed by atoms with Crippen LogP contribution >= 0.6 is 0 Å². The summed E-state index contributed by atoms with van der Waals surface area (Å²) in [6.45, 7) is 6.09. The van der Waals surface area contributed by atoms with Gasteiger partial charge in [-0.2, -0.15) is 5.10 Å². The Balaban J connectivity index is 1.59. The lowest BCUT2D eigenvalue weighted by Crippen LogP contribution is -2.12. The lowest BCUT2D eigenvalue weighted by atomic mass is 10.0. The first-order chi connectivity index (χ1) is 21.2. The summed E-state index contributed by atoms with van der Waals surface area (Å²) in [4.78, 5) is 47.3. The molecule has 1 N–H and O–H groups in total. The molecule has 0 radical (unpaired) electrons. The average molecular weight is 588 g/mol. The molecule has 0 aliphatic carbocycles. The SMILES string of the molecule is CC(=O)O/N=C(/C)c1ccc(N(c2ccc(C(=O)c3ccccc3)cc2)c2ccc(/C(C)=N\OC(C)=O)c3[nH]ncc23)cc1. The van der Waals surface area contributed by atoms with Crippen molar-refractivity contribution >= 4 is 57.1 Å². The van der Waals surface area contributed by atoms with E-state index in [0.29, 0.717) is 28.1 Å². The van der Waals surface area contributed by atoms with E-state index in [4.69, 9.17) is 9.68 Å². The minimum absolute atomic E-state index is 0.0697. The summed E-state index contributed by atoms with van der Waals surface area (Å²) < 4.78 is 0. The van der Waals surface area contributed by atoms with E-state index in [2.05, 4.69) is 20.5 Å². The lowest BCUT2D eigenvalue weighted by molar-refractivity contribution is -0.141. The molecule has 220 valence electrons. The summed E-state index contributed by atoms with van der Waals surface area (Å²) in [5.74, 6) is -1.08. The largest absolute Gasteiger partial charge is 0.331 e. The van der Waals surface area contributed by atoms with E-state index in [1.54, 1.807) is 44.3 Å². The van der Waals surface area contributed by atoms with Crippen molar-refractivity contribution in [1.82, 2.24) is 10.2 Å². The van der Waals surface area contributed by atoms with Crippen molar-refractivity contribution in [3.8, 4) is 0 Å². The fourth-order valence-corrected chi connectivity index (χ4v) is 4.68. The maximum Gasteiger partial charge on any atom is 0.331 e. The van der Waals surface area contributed by atoms with E-state index in [-0.39, 0.29) is 5.78 Å². The Bertz CT molecular complexity index is 1890. The second-order valence-corrected chi connectivity index (χ2v) is 9.93. The van der Waals surface area contributed by atoms with Crippen molar-refractivity contribution in [2.75, 3.05) is 4.90 Å². The number of anilines is 3. The zero-order chi connectivity index (χ0) is 31.2. The number of aromatic amines is 1. The van der Waals surface area contributed by atoms with E-state index in [1.165, 1.54) is 13.8 Å². The Kier molecular flexibility index (Phi) is 8.71. The van der Waals surface area contributed by atoms with E-state index in [1.807, 2.05) is 71.6 Å². The standard InChI is InChI=1S/C34H29N5O5/c1-21(37-43-23(3)40)25-10-14-28(15-11-25)39(29-16-12-27(13-17-29)34(42)26-8-6-5-7-9-26)32-19-18-30(22(2)38-44-24(4)41)33-31(32)20-35-36-33/h5-20H,1-4H3,(H,35,36)/b37-21-,38-22-. The van der Waals surface area contributed by atoms with E-state index in [9.17, 15) is 14.4 Å². The quantitative estimate of drug-likeness (QED) is 0.0866. The molecule has 10 nitrogen and oxygen atoms in total. The van der Waals surface area contributed by atoms with Crippen molar-refractivity contribution in [3.05, 3.63) is 119 Å². The fraction of sp³-hybridized carbons (Fsp3) is 0.118. The summed E-state index contributed by atoms with van der Waals surface area (Å²) in [6.07, 6.45) is 1.72. The highest BCUT2D eigenvalue weighted by molar-refractivity contribution is 6.12. The predicted molar refractivity (Wildman–Crippen MR) is 169 cm³/mol. The topological polar surface area (TPSA) is 126 Å². The first-order valence-electron chi connectivity index (χ1n) is 13.7. The molecule has 1 aromatic heterocycles. The smallest absolute Gasteiger partial charge is 0.318 e. The highest BCUT2D eigenvalue weighted by Gasteiger charge is 2.20. The summed E-state index contributed by atoms with van der Waals surface area (Å²) in [7, 11) is 0. The summed E-state index contributed by atoms with van der Waals surface area (Å²) in [5, 5.41) is 16.0. The maximum atomic E-state index is 13.1. The van der Waals surface area contributed by atoms with E-state index >= 15 is 0 Å². The molecule has 0 amide bonds. The molecule has 0 unspecified atom stereocenters. The molecule has 5 aromatic rings. The number of H-pyrrole nitrogens is 1. The summed E-state index contributed by atoms with van der Waals surface area (Å²) in [6, 6.07) is 28.0. The molecule has 0 saturated heterocycles. The number of benzene rings is 4. The van der Waals surface area contributed by atoms with Crippen LogP contribution in [-0.2, 0) is 19.3 Å². The van der Waals surface area contributed by atoms with Crippen molar-refractivity contribution in [1.29, 1.82) is 0 Å². The van der Waals surface area contributed by atoms with Gasteiger partial charge in [-0.05, 0) is 67.9 Å². The van der Waals surface area contributed by atoms with Crippen LogP contribution in [0.1, 0.15) is 54.7 Å². The summed E-state index contributed by atoms with van der Waals surface area (Å²) >= 11 is 0. The minimum atomic E-state index is -0.515. The Morgan fingerprint density at radius 2 is 1.20 bits per heavy atom. The average Bonchev–Trinajstić information content (AvgIpc) is 3.54. The van der Waals surface area contributed by atoms with Gasteiger partial charge in [0.05, 0.1) is 28.8 Å². The van der Waals surface area contributed by atoms with Crippen LogP contribution in [0.4, 0.5) is 17.1 Å². The molecule has 10 heteroatoms. The molecule has 0 aliphatic heterocycles. The zero-order valence-corrected chi connectivity index (χ0v) is 24.6. The second-order valence-electron chi connectivity index (χ2n) is 9.93. The number of hydrogen-bond acceptors (Lipinski definition) is 9. The second kappa shape index (κ2) is 13.0. The monoisotopic (exact) mass is 587 g/mol. The number of aromatic nitrogens is 2. The molecule has 1 heterocycles. The lowest BCUT2D eigenvalue weighted by Gasteiger charge is -2.27. The number of fused-ring (bicyclic) bond motifs is 1. The number of hydrogen-bond donors (Lipinski definition) is 1. The third-order valence-electron chi connectivity index (χ3n) is 6.81. The molecule has 5 rings (SSSR count). The van der Waals surface area contributed by atoms with Gasteiger partial charge in [-0.25, -0.2) is 9.59 Å². The Labute approximate surface area is 253 Å². The van der Waals surface area contributed by atoms with Crippen LogP contribution < -0.4 is 4.90 Å². The van der Waals surface area contributed by atoms with Gasteiger partial charge in [-0.3, -0.25) is 9.89 Å². The molecule has 0 bridgehead atoms. The van der Waals surface area contributed by atoms with Crippen LogP contribution in [0, 0.1) is 0 Å². The van der Waals surface area contributed by atoms with Crippen molar-refractivity contribution in [2.45, 2.75) is 27.7 Å². The van der Waals surface area contributed by atoms with Crippen LogP contribution in [0.2, 0.25) is 0 Å². The van der Waals surface area contributed by atoms with Crippen LogP contribution in [0.5, 0.6) is 0 Å². The zero-order valence-electron chi connectivity index (χ0n) is 24.6. The first-order valence-corrected chi connectivity index (χ1v) is 13.7. The third-order valence-corrected chi connectivity index (χ3v) is 6.81. The highest BCUT2D eigenvalue weighted by atomic mass is 16.7. The molecule has 4 aromatic carbocycles. The van der Waals surface area contributed by atoms with Gasteiger partial charge in [-0.1, -0.05) is 52.8 Å². The summed E-state index contributed by atoms with van der Waals surface area (Å²) in [5.41, 5.74) is 6.85. The van der Waals surface area contributed by atoms with E-state index < -0.39 is 11.9 Å². The molecular weight excluding hydrogens is 558 g/mol. The van der Waals surface area contributed by atoms with Gasteiger partial charge in [0.25, 0.3) is 0 Å². The fourth-order valence-electron chi connectivity index (χ4n) is 4.68. The molecule has 0 spiro atoms. The number of nitrogens with zero attached hydrogens (tertiary/aromatic N) is 4. The number of nitrogens with one attached hydrogen (secondary N) is 1. The third kappa shape index (κ3) is 6.44. The molecule has 0 atom stereocenters. The van der Waals surface area contributed by atoms with Gasteiger partial charge in [0.1, 0.15) is 0 Å². The molecular formula is C34H29N5O5. The predicted octanol–water partition coefficient (Wildman–Crippen LogP) is 6.84.